The molecule has 0 amide bonds. The zero-order valence-corrected chi connectivity index (χ0v) is 33.4. The molecule has 0 radical (unpaired) electrons. The Bertz CT molecular complexity index is 1080. The first-order valence-electron chi connectivity index (χ1n) is 20.0. The highest BCUT2D eigenvalue weighted by molar-refractivity contribution is 5.70. The molecule has 0 saturated heterocycles. The maximum Gasteiger partial charge on any atom is 0.306 e. The number of hydrogen-bond donors (Lipinski definition) is 0. The minimum atomic E-state index is -1.14. The molecule has 0 heterocycles. The van der Waals surface area contributed by atoms with E-state index >= 15 is 0 Å². The predicted octanol–water partition coefficient (Wildman–Crippen LogP) is 9.07. The molecule has 0 rings (SSSR count). The zero-order valence-electron chi connectivity index (χ0n) is 33.4. The van der Waals surface area contributed by atoms with E-state index in [0.29, 0.717) is 12.8 Å². The fourth-order valence-electron chi connectivity index (χ4n) is 5.26. The van der Waals surface area contributed by atoms with Crippen molar-refractivity contribution in [1.82, 2.24) is 0 Å². The summed E-state index contributed by atoms with van der Waals surface area (Å²) in [4.78, 5) is 36.7. The molecular formula is C44H73NO7. The summed E-state index contributed by atoms with van der Waals surface area (Å²) >= 11 is 0. The van der Waals surface area contributed by atoms with Gasteiger partial charge < -0.3 is 28.6 Å². The number of esters is 2. The molecule has 0 saturated carbocycles. The normalized spacial score (nSPS) is 13.8. The molecule has 0 aromatic carbocycles. The topological polar surface area (TPSA) is 102 Å². The molecule has 2 atom stereocenters. The first kappa shape index (κ1) is 48.8. The summed E-state index contributed by atoms with van der Waals surface area (Å²) in [5, 5.41) is 11.6. The van der Waals surface area contributed by atoms with E-state index in [1.807, 2.05) is 36.5 Å². The van der Waals surface area contributed by atoms with Crippen LogP contribution in [-0.4, -0.2) is 75.5 Å². The summed E-state index contributed by atoms with van der Waals surface area (Å²) in [5.74, 6) is -1.80. The highest BCUT2D eigenvalue weighted by Gasteiger charge is 2.25. The van der Waals surface area contributed by atoms with Crippen LogP contribution in [0.4, 0.5) is 0 Å². The van der Waals surface area contributed by atoms with Crippen molar-refractivity contribution in [3.63, 3.8) is 0 Å². The third-order valence-electron chi connectivity index (χ3n) is 8.42. The molecule has 0 aromatic heterocycles. The van der Waals surface area contributed by atoms with E-state index in [0.717, 1.165) is 83.5 Å². The summed E-state index contributed by atoms with van der Waals surface area (Å²) in [7, 11) is 5.37. The van der Waals surface area contributed by atoms with Crippen LogP contribution >= 0.6 is 0 Å². The van der Waals surface area contributed by atoms with E-state index in [1.54, 1.807) is 21.1 Å². The number of carboxylic acid groups (broad SMARTS) is 1. The number of rotatable bonds is 34. The Morgan fingerprint density at radius 2 is 1.08 bits per heavy atom. The fraction of sp³-hybridized carbons (Fsp3) is 0.659. The van der Waals surface area contributed by atoms with Crippen LogP contribution in [0.3, 0.4) is 0 Å². The number of nitrogens with zero attached hydrogens (tertiary/aromatic N) is 1. The van der Waals surface area contributed by atoms with Gasteiger partial charge in [-0.05, 0) is 51.4 Å². The van der Waals surface area contributed by atoms with E-state index < -0.39 is 18.1 Å². The minimum absolute atomic E-state index is 0.0234. The van der Waals surface area contributed by atoms with Gasteiger partial charge in [-0.15, -0.1) is 0 Å². The summed E-state index contributed by atoms with van der Waals surface area (Å²) in [6.45, 7) is 4.46. The van der Waals surface area contributed by atoms with Crippen LogP contribution in [0.2, 0.25) is 0 Å². The van der Waals surface area contributed by atoms with Gasteiger partial charge in [-0.2, -0.15) is 0 Å². The molecule has 0 aromatic rings. The average molecular weight is 728 g/mol. The van der Waals surface area contributed by atoms with Gasteiger partial charge in [0.15, 0.2) is 6.10 Å². The minimum Gasteiger partial charge on any atom is -0.544 e. The number of aliphatic carboxylic acids is 1. The second kappa shape index (κ2) is 34.8. The fourth-order valence-corrected chi connectivity index (χ4v) is 5.26. The van der Waals surface area contributed by atoms with Crippen molar-refractivity contribution in [3.05, 3.63) is 72.9 Å². The van der Waals surface area contributed by atoms with Crippen molar-refractivity contribution in [3.8, 4) is 0 Å². The largest absolute Gasteiger partial charge is 0.544 e. The van der Waals surface area contributed by atoms with Gasteiger partial charge in [0.2, 0.25) is 0 Å². The van der Waals surface area contributed by atoms with Crippen LogP contribution < -0.4 is 5.11 Å². The highest BCUT2D eigenvalue weighted by Crippen LogP contribution is 2.12. The maximum absolute atomic E-state index is 12.6. The van der Waals surface area contributed by atoms with Gasteiger partial charge in [-0.25, -0.2) is 0 Å². The molecule has 0 spiro atoms. The molecule has 2 unspecified atom stereocenters. The molecule has 0 aliphatic carbocycles. The predicted molar refractivity (Wildman–Crippen MR) is 212 cm³/mol. The smallest absolute Gasteiger partial charge is 0.306 e. The Balaban J connectivity index is 4.44. The molecule has 0 aliphatic rings. The van der Waals surface area contributed by atoms with Crippen molar-refractivity contribution in [2.24, 2.45) is 0 Å². The lowest BCUT2D eigenvalue weighted by atomic mass is 10.1. The number of hydrogen-bond acceptors (Lipinski definition) is 7. The monoisotopic (exact) mass is 728 g/mol. The molecule has 52 heavy (non-hydrogen) atoms. The maximum atomic E-state index is 12.6. The van der Waals surface area contributed by atoms with Gasteiger partial charge in [0.1, 0.15) is 12.6 Å². The third kappa shape index (κ3) is 32.7. The molecule has 0 aliphatic heterocycles. The van der Waals surface area contributed by atoms with Crippen LogP contribution in [-0.2, 0) is 28.6 Å². The van der Waals surface area contributed by atoms with Crippen LogP contribution in [0.15, 0.2) is 72.9 Å². The van der Waals surface area contributed by atoms with Crippen molar-refractivity contribution >= 4 is 17.9 Å². The Morgan fingerprint density at radius 1 is 0.577 bits per heavy atom. The van der Waals surface area contributed by atoms with Crippen LogP contribution in [0.1, 0.15) is 136 Å². The quantitative estimate of drug-likeness (QED) is 0.0214. The van der Waals surface area contributed by atoms with Crippen molar-refractivity contribution in [2.75, 3.05) is 41.0 Å². The lowest BCUT2D eigenvalue weighted by Gasteiger charge is -2.34. The van der Waals surface area contributed by atoms with Crippen LogP contribution in [0.25, 0.3) is 0 Å². The number of carbonyl (C=O) groups is 3. The number of carbonyl (C=O) groups excluding carboxylic acids is 3. The van der Waals surface area contributed by atoms with E-state index in [1.165, 1.54) is 19.3 Å². The summed E-state index contributed by atoms with van der Waals surface area (Å²) in [5.41, 5.74) is 0. The van der Waals surface area contributed by atoms with Gasteiger partial charge in [0.25, 0.3) is 0 Å². The lowest BCUT2D eigenvalue weighted by Crippen LogP contribution is -2.55. The number of ether oxygens (including phenoxy) is 3. The Kier molecular flexibility index (Phi) is 32.7. The summed E-state index contributed by atoms with van der Waals surface area (Å²) < 4.78 is 17.0. The number of quaternary nitrogens is 1. The SMILES string of the molecule is CCC/C=C/C=C/C=C/C=C/C=C/CCCCCCCC(=O)OCC(COCCC(C(=O)[O-])[N+](C)(C)C)OC(=O)CCCCCC/C=C/CCCC. The van der Waals surface area contributed by atoms with Gasteiger partial charge in [-0.1, -0.05) is 138 Å². The van der Waals surface area contributed by atoms with Crippen LogP contribution in [0, 0.1) is 0 Å². The van der Waals surface area contributed by atoms with Crippen molar-refractivity contribution in [1.29, 1.82) is 0 Å². The van der Waals surface area contributed by atoms with Crippen LogP contribution in [0.5, 0.6) is 0 Å². The Morgan fingerprint density at radius 3 is 1.63 bits per heavy atom. The summed E-state index contributed by atoms with van der Waals surface area (Å²) in [6.07, 6.45) is 42.1. The second-order valence-electron chi connectivity index (χ2n) is 14.3. The number of unbranched alkanes of at least 4 members (excludes halogenated alkanes) is 12. The highest BCUT2D eigenvalue weighted by atomic mass is 16.6. The van der Waals surface area contributed by atoms with Gasteiger partial charge in [0, 0.05) is 19.3 Å². The molecular weight excluding hydrogens is 654 g/mol. The number of carboxylic acids is 1. The van der Waals surface area contributed by atoms with Gasteiger partial charge >= 0.3 is 11.9 Å². The second-order valence-corrected chi connectivity index (χ2v) is 14.3. The van der Waals surface area contributed by atoms with E-state index in [9.17, 15) is 19.5 Å². The van der Waals surface area contributed by atoms with E-state index in [2.05, 4.69) is 50.3 Å². The van der Waals surface area contributed by atoms with E-state index in [-0.39, 0.29) is 42.7 Å². The molecule has 0 N–H and O–H groups in total. The Labute approximate surface area is 317 Å². The van der Waals surface area contributed by atoms with Crippen molar-refractivity contribution < 1.29 is 38.2 Å². The first-order chi connectivity index (χ1) is 25.1. The standard InChI is InChI=1S/C44H73NO7/c1-6-8-10-12-14-16-18-19-20-21-22-23-24-25-27-28-30-32-34-42(46)51-39-40(38-50-37-36-41(44(48)49)45(3,4)5)52-43(47)35-33-31-29-26-17-15-13-11-9-7-2/h10,12-16,18-23,40-41H,6-9,11,17,24-39H2,1-5H3/b12-10+,15-13+,16-14+,19-18+,21-20+,23-22+. The molecule has 8 nitrogen and oxygen atoms in total. The Hall–Kier alpha value is -3.23. The van der Waals surface area contributed by atoms with E-state index in [4.69, 9.17) is 14.2 Å². The van der Waals surface area contributed by atoms with Gasteiger partial charge in [0.05, 0.1) is 40.3 Å². The van der Waals surface area contributed by atoms with Gasteiger partial charge in [-0.3, -0.25) is 9.59 Å². The average Bonchev–Trinajstić information content (AvgIpc) is 3.09. The molecule has 0 bridgehead atoms. The first-order valence-corrected chi connectivity index (χ1v) is 20.0. The molecule has 0 fully saturated rings. The molecule has 296 valence electrons. The van der Waals surface area contributed by atoms with Crippen molar-refractivity contribution in [2.45, 2.75) is 148 Å². The zero-order chi connectivity index (χ0) is 38.5. The third-order valence-corrected chi connectivity index (χ3v) is 8.42. The molecule has 8 heteroatoms. The number of allylic oxidation sites excluding steroid dienone is 12. The lowest BCUT2D eigenvalue weighted by molar-refractivity contribution is -0.889. The summed E-state index contributed by atoms with van der Waals surface area (Å²) in [6, 6.07) is -0.734. The number of likely N-dealkylation sites (N-methyl/N-ethyl adjacent to an activating group) is 1.